The van der Waals surface area contributed by atoms with E-state index in [1.165, 1.54) is 0 Å². The van der Waals surface area contributed by atoms with Crippen molar-refractivity contribution in [3.05, 3.63) is 36.3 Å². The van der Waals surface area contributed by atoms with Gasteiger partial charge >= 0.3 is 0 Å². The van der Waals surface area contributed by atoms with E-state index in [1.54, 1.807) is 7.11 Å². The monoisotopic (exact) mass is 245 g/mol. The summed E-state index contributed by atoms with van der Waals surface area (Å²) >= 11 is 0. The molecule has 0 spiro atoms. The first-order valence-electron chi connectivity index (χ1n) is 6.06. The summed E-state index contributed by atoms with van der Waals surface area (Å²) in [6.07, 6.45) is 2.76. The van der Waals surface area contributed by atoms with Crippen molar-refractivity contribution in [3.8, 4) is 17.0 Å². The summed E-state index contributed by atoms with van der Waals surface area (Å²) in [5.74, 6) is 0.881. The van der Waals surface area contributed by atoms with E-state index in [9.17, 15) is 0 Å². The molecule has 0 amide bonds. The number of likely N-dealkylation sites (N-methyl/N-ethyl adjacent to an activating group) is 1. The van der Waals surface area contributed by atoms with Gasteiger partial charge in [-0.05, 0) is 19.2 Å². The number of benzene rings is 1. The fraction of sp³-hybridized carbons (Fsp3) is 0.357. The van der Waals surface area contributed by atoms with Gasteiger partial charge in [-0.15, -0.1) is 0 Å². The van der Waals surface area contributed by atoms with Crippen molar-refractivity contribution in [2.24, 2.45) is 7.05 Å². The maximum Gasteiger partial charge on any atom is 0.128 e. The predicted octanol–water partition coefficient (Wildman–Crippen LogP) is 1.86. The van der Waals surface area contributed by atoms with Crippen LogP contribution < -0.4 is 10.1 Å². The lowest BCUT2D eigenvalue weighted by Crippen LogP contribution is -2.11. The van der Waals surface area contributed by atoms with Crippen LogP contribution >= 0.6 is 0 Å². The molecule has 0 radical (unpaired) electrons. The van der Waals surface area contributed by atoms with Crippen LogP contribution in [0.4, 0.5) is 0 Å². The largest absolute Gasteiger partial charge is 0.496 e. The van der Waals surface area contributed by atoms with Crippen LogP contribution in [-0.4, -0.2) is 30.3 Å². The minimum absolute atomic E-state index is 0.881. The second kappa shape index (κ2) is 5.69. The van der Waals surface area contributed by atoms with E-state index in [0.717, 1.165) is 35.7 Å². The van der Waals surface area contributed by atoms with E-state index in [-0.39, 0.29) is 0 Å². The van der Waals surface area contributed by atoms with Crippen LogP contribution in [0.3, 0.4) is 0 Å². The molecule has 1 aromatic heterocycles. The summed E-state index contributed by atoms with van der Waals surface area (Å²) in [7, 11) is 5.66. The van der Waals surface area contributed by atoms with Gasteiger partial charge in [-0.1, -0.05) is 12.1 Å². The van der Waals surface area contributed by atoms with Gasteiger partial charge in [0, 0.05) is 25.6 Å². The molecule has 0 aliphatic rings. The number of rotatable bonds is 5. The highest BCUT2D eigenvalue weighted by Gasteiger charge is 2.14. The summed E-state index contributed by atoms with van der Waals surface area (Å²) in [4.78, 5) is 4.47. The van der Waals surface area contributed by atoms with Crippen LogP contribution in [0.1, 0.15) is 5.69 Å². The molecule has 4 heteroatoms. The molecule has 0 atom stereocenters. The second-order valence-electron chi connectivity index (χ2n) is 4.20. The van der Waals surface area contributed by atoms with Crippen molar-refractivity contribution in [1.82, 2.24) is 14.9 Å². The van der Waals surface area contributed by atoms with Crippen molar-refractivity contribution < 1.29 is 4.74 Å². The molecule has 18 heavy (non-hydrogen) atoms. The Morgan fingerprint density at radius 1 is 1.33 bits per heavy atom. The summed E-state index contributed by atoms with van der Waals surface area (Å²) in [6.45, 7) is 0.916. The molecule has 0 aliphatic carbocycles. The van der Waals surface area contributed by atoms with Crippen LogP contribution in [0.25, 0.3) is 11.3 Å². The summed E-state index contributed by atoms with van der Waals surface area (Å²) in [6, 6.07) is 8.04. The number of nitrogens with one attached hydrogen (secondary N) is 1. The number of hydrogen-bond donors (Lipinski definition) is 1. The molecule has 96 valence electrons. The van der Waals surface area contributed by atoms with Gasteiger partial charge in [0.25, 0.3) is 0 Å². The molecule has 0 saturated carbocycles. The SMILES string of the molecule is CNCCc1ncn(C)c1-c1ccccc1OC. The molecule has 0 bridgehead atoms. The average Bonchev–Trinajstić information content (AvgIpc) is 2.77. The molecule has 2 aromatic rings. The zero-order valence-corrected chi connectivity index (χ0v) is 11.1. The average molecular weight is 245 g/mol. The van der Waals surface area contributed by atoms with Gasteiger partial charge in [-0.3, -0.25) is 0 Å². The number of hydrogen-bond acceptors (Lipinski definition) is 3. The Kier molecular flexibility index (Phi) is 3.99. The van der Waals surface area contributed by atoms with Crippen LogP contribution in [0.5, 0.6) is 5.75 Å². The molecule has 1 aromatic carbocycles. The number of para-hydroxylation sites is 1. The minimum atomic E-state index is 0.881. The lowest BCUT2D eigenvalue weighted by molar-refractivity contribution is 0.416. The second-order valence-corrected chi connectivity index (χ2v) is 4.20. The maximum atomic E-state index is 5.43. The number of ether oxygens (including phenoxy) is 1. The highest BCUT2D eigenvalue weighted by molar-refractivity contribution is 5.69. The maximum absolute atomic E-state index is 5.43. The van der Waals surface area contributed by atoms with Gasteiger partial charge in [0.2, 0.25) is 0 Å². The van der Waals surface area contributed by atoms with Gasteiger partial charge < -0.3 is 14.6 Å². The van der Waals surface area contributed by atoms with E-state index in [2.05, 4.69) is 16.4 Å². The molecule has 4 nitrogen and oxygen atoms in total. The standard InChI is InChI=1S/C14H19N3O/c1-15-9-8-12-14(17(2)10-16-12)11-6-4-5-7-13(11)18-3/h4-7,10,15H,8-9H2,1-3H3. The number of methoxy groups -OCH3 is 1. The Labute approximate surface area is 108 Å². The van der Waals surface area contributed by atoms with E-state index >= 15 is 0 Å². The summed E-state index contributed by atoms with van der Waals surface area (Å²) in [5, 5.41) is 3.15. The Balaban J connectivity index is 2.45. The van der Waals surface area contributed by atoms with E-state index in [4.69, 9.17) is 4.74 Å². The topological polar surface area (TPSA) is 39.1 Å². The number of aromatic nitrogens is 2. The highest BCUT2D eigenvalue weighted by atomic mass is 16.5. The zero-order valence-electron chi connectivity index (χ0n) is 11.1. The van der Waals surface area contributed by atoms with Crippen molar-refractivity contribution >= 4 is 0 Å². The number of nitrogens with zero attached hydrogens (tertiary/aromatic N) is 2. The lowest BCUT2D eigenvalue weighted by Gasteiger charge is -2.10. The van der Waals surface area contributed by atoms with Crippen LogP contribution in [0.2, 0.25) is 0 Å². The minimum Gasteiger partial charge on any atom is -0.496 e. The highest BCUT2D eigenvalue weighted by Crippen LogP contribution is 2.31. The lowest BCUT2D eigenvalue weighted by atomic mass is 10.1. The smallest absolute Gasteiger partial charge is 0.128 e. The first-order valence-corrected chi connectivity index (χ1v) is 6.06. The molecule has 1 N–H and O–H groups in total. The molecule has 0 fully saturated rings. The molecule has 0 saturated heterocycles. The summed E-state index contributed by atoms with van der Waals surface area (Å²) in [5.41, 5.74) is 3.31. The van der Waals surface area contributed by atoms with Crippen molar-refractivity contribution in [3.63, 3.8) is 0 Å². The van der Waals surface area contributed by atoms with Crippen molar-refractivity contribution in [2.75, 3.05) is 20.7 Å². The van der Waals surface area contributed by atoms with E-state index < -0.39 is 0 Å². The molecular formula is C14H19N3O. The van der Waals surface area contributed by atoms with Gasteiger partial charge in [0.05, 0.1) is 24.8 Å². The van der Waals surface area contributed by atoms with Crippen LogP contribution in [-0.2, 0) is 13.5 Å². The van der Waals surface area contributed by atoms with Gasteiger partial charge in [0.15, 0.2) is 0 Å². The molecule has 2 rings (SSSR count). The van der Waals surface area contributed by atoms with Gasteiger partial charge in [-0.2, -0.15) is 0 Å². The first-order chi connectivity index (χ1) is 8.77. The summed E-state index contributed by atoms with van der Waals surface area (Å²) < 4.78 is 7.47. The first kappa shape index (κ1) is 12.6. The number of imidazole rings is 1. The Morgan fingerprint density at radius 3 is 2.83 bits per heavy atom. The quantitative estimate of drug-likeness (QED) is 0.874. The third-order valence-electron chi connectivity index (χ3n) is 2.99. The molecular weight excluding hydrogens is 226 g/mol. The van der Waals surface area contributed by atoms with Gasteiger partial charge in [-0.25, -0.2) is 4.98 Å². The normalized spacial score (nSPS) is 10.6. The Hall–Kier alpha value is -1.81. The predicted molar refractivity (Wildman–Crippen MR) is 72.8 cm³/mol. The van der Waals surface area contributed by atoms with Crippen molar-refractivity contribution in [2.45, 2.75) is 6.42 Å². The van der Waals surface area contributed by atoms with Gasteiger partial charge in [0.1, 0.15) is 5.75 Å². The fourth-order valence-electron chi connectivity index (χ4n) is 2.09. The third-order valence-corrected chi connectivity index (χ3v) is 2.99. The zero-order chi connectivity index (χ0) is 13.0. The Morgan fingerprint density at radius 2 is 2.11 bits per heavy atom. The molecule has 1 heterocycles. The molecule has 0 aliphatic heterocycles. The van der Waals surface area contributed by atoms with E-state index in [0.29, 0.717) is 0 Å². The third kappa shape index (κ3) is 2.38. The molecule has 0 unspecified atom stereocenters. The number of aryl methyl sites for hydroxylation is 1. The van der Waals surface area contributed by atoms with E-state index in [1.807, 2.05) is 43.2 Å². The van der Waals surface area contributed by atoms with Crippen LogP contribution in [0, 0.1) is 0 Å². The van der Waals surface area contributed by atoms with Crippen LogP contribution in [0.15, 0.2) is 30.6 Å². The van der Waals surface area contributed by atoms with Crippen molar-refractivity contribution in [1.29, 1.82) is 0 Å². The fourth-order valence-corrected chi connectivity index (χ4v) is 2.09. The Bertz CT molecular complexity index is 520.